The summed E-state index contributed by atoms with van der Waals surface area (Å²) in [6.07, 6.45) is 7.07. The zero-order valence-electron chi connectivity index (χ0n) is 7.74. The quantitative estimate of drug-likeness (QED) is 0.744. The van der Waals surface area contributed by atoms with E-state index < -0.39 is 0 Å². The summed E-state index contributed by atoms with van der Waals surface area (Å²) in [5.74, 6) is 0. The van der Waals surface area contributed by atoms with E-state index in [0.717, 1.165) is 22.7 Å². The molecule has 0 bridgehead atoms. The van der Waals surface area contributed by atoms with E-state index in [9.17, 15) is 0 Å². The van der Waals surface area contributed by atoms with E-state index in [4.69, 9.17) is 4.42 Å². The molecule has 2 rings (SSSR count). The Hall–Kier alpha value is -1.02. The van der Waals surface area contributed by atoms with Gasteiger partial charge in [0.1, 0.15) is 5.58 Å². The van der Waals surface area contributed by atoms with E-state index >= 15 is 0 Å². The molecule has 0 fully saturated rings. The first-order valence-electron chi connectivity index (χ1n) is 4.60. The van der Waals surface area contributed by atoms with Gasteiger partial charge < -0.3 is 4.42 Å². The third kappa shape index (κ3) is 2.07. The predicted octanol–water partition coefficient (Wildman–Crippen LogP) is 4.23. The number of rotatable bonds is 3. The number of fused-ring (bicyclic) bond motifs is 1. The van der Waals surface area contributed by atoms with Gasteiger partial charge in [-0.05, 0) is 30.2 Å². The number of furan rings is 1. The fourth-order valence-corrected chi connectivity index (χ4v) is 1.64. The average molecular weight is 251 g/mol. The first kappa shape index (κ1) is 9.53. The maximum Gasteiger partial charge on any atom is 0.133 e. The molecule has 1 heterocycles. The van der Waals surface area contributed by atoms with Crippen molar-refractivity contribution >= 4 is 33.0 Å². The van der Waals surface area contributed by atoms with E-state index in [2.05, 4.69) is 40.2 Å². The fraction of sp³-hybridized carbons (Fsp3) is 0.167. The van der Waals surface area contributed by atoms with Gasteiger partial charge in [-0.25, -0.2) is 0 Å². The summed E-state index contributed by atoms with van der Waals surface area (Å²) in [7, 11) is 0. The maximum atomic E-state index is 5.27. The number of benzene rings is 1. The molecule has 1 aromatic heterocycles. The van der Waals surface area contributed by atoms with Gasteiger partial charge in [0.05, 0.1) is 6.26 Å². The van der Waals surface area contributed by atoms with Gasteiger partial charge in [0.25, 0.3) is 0 Å². The van der Waals surface area contributed by atoms with E-state index in [-0.39, 0.29) is 0 Å². The zero-order chi connectivity index (χ0) is 9.80. The van der Waals surface area contributed by atoms with Crippen LogP contribution in [0.3, 0.4) is 0 Å². The van der Waals surface area contributed by atoms with Crippen LogP contribution in [0.5, 0.6) is 0 Å². The summed E-state index contributed by atoms with van der Waals surface area (Å²) in [6.45, 7) is 0. The lowest BCUT2D eigenvalue weighted by molar-refractivity contribution is 0.616. The van der Waals surface area contributed by atoms with Crippen LogP contribution in [0.15, 0.2) is 41.0 Å². The Morgan fingerprint density at radius 3 is 3.07 bits per heavy atom. The molecule has 2 aromatic rings. The van der Waals surface area contributed by atoms with Crippen molar-refractivity contribution in [1.29, 1.82) is 0 Å². The largest absolute Gasteiger partial charge is 0.464 e. The molecule has 1 nitrogen and oxygen atoms in total. The molecule has 2 heteroatoms. The fourth-order valence-electron chi connectivity index (χ4n) is 1.37. The van der Waals surface area contributed by atoms with Gasteiger partial charge in [-0.1, -0.05) is 34.1 Å². The molecule has 0 saturated heterocycles. The zero-order valence-corrected chi connectivity index (χ0v) is 9.33. The molecule has 1 aromatic carbocycles. The standard InChI is InChI=1S/C12H11BrO/c13-7-2-1-3-10-4-5-12-11(9-10)6-8-14-12/h1,3-6,8-9H,2,7H2. The molecule has 0 N–H and O–H groups in total. The molecule has 14 heavy (non-hydrogen) atoms. The predicted molar refractivity (Wildman–Crippen MR) is 63.7 cm³/mol. The molecule has 0 saturated carbocycles. The second-order valence-corrected chi connectivity index (χ2v) is 3.89. The van der Waals surface area contributed by atoms with Gasteiger partial charge in [0.2, 0.25) is 0 Å². The number of halogens is 1. The van der Waals surface area contributed by atoms with E-state index in [1.165, 1.54) is 5.56 Å². The smallest absolute Gasteiger partial charge is 0.133 e. The van der Waals surface area contributed by atoms with Crippen molar-refractivity contribution in [2.75, 3.05) is 5.33 Å². The van der Waals surface area contributed by atoms with Gasteiger partial charge in [-0.15, -0.1) is 0 Å². The monoisotopic (exact) mass is 250 g/mol. The van der Waals surface area contributed by atoms with Crippen LogP contribution >= 0.6 is 15.9 Å². The lowest BCUT2D eigenvalue weighted by Crippen LogP contribution is -1.72. The molecule has 72 valence electrons. The van der Waals surface area contributed by atoms with E-state index in [1.54, 1.807) is 6.26 Å². The second-order valence-electron chi connectivity index (χ2n) is 3.10. The Balaban J connectivity index is 2.25. The van der Waals surface area contributed by atoms with Crippen molar-refractivity contribution < 1.29 is 4.42 Å². The van der Waals surface area contributed by atoms with Gasteiger partial charge in [-0.3, -0.25) is 0 Å². The molecule has 0 atom stereocenters. The van der Waals surface area contributed by atoms with Crippen LogP contribution < -0.4 is 0 Å². The van der Waals surface area contributed by atoms with Crippen molar-refractivity contribution in [3.63, 3.8) is 0 Å². The molecule has 0 aliphatic rings. The van der Waals surface area contributed by atoms with Crippen LogP contribution in [0.1, 0.15) is 12.0 Å². The molecule has 0 unspecified atom stereocenters. The summed E-state index contributed by atoms with van der Waals surface area (Å²) < 4.78 is 5.27. The van der Waals surface area contributed by atoms with Crippen LogP contribution in [0.25, 0.3) is 17.0 Å². The first-order valence-corrected chi connectivity index (χ1v) is 5.72. The summed E-state index contributed by atoms with van der Waals surface area (Å²) in [5, 5.41) is 2.17. The highest BCUT2D eigenvalue weighted by Gasteiger charge is 1.95. The lowest BCUT2D eigenvalue weighted by atomic mass is 10.1. The van der Waals surface area contributed by atoms with Crippen LogP contribution in [0.4, 0.5) is 0 Å². The van der Waals surface area contributed by atoms with E-state index in [1.807, 2.05) is 12.1 Å². The number of allylic oxidation sites excluding steroid dienone is 1. The summed E-state index contributed by atoms with van der Waals surface area (Å²) in [4.78, 5) is 0. The summed E-state index contributed by atoms with van der Waals surface area (Å²) in [5.41, 5.74) is 2.17. The Morgan fingerprint density at radius 1 is 1.29 bits per heavy atom. The van der Waals surface area contributed by atoms with Crippen molar-refractivity contribution in [1.82, 2.24) is 0 Å². The minimum absolute atomic E-state index is 0.947. The molecule has 0 spiro atoms. The summed E-state index contributed by atoms with van der Waals surface area (Å²) in [6, 6.07) is 8.18. The Labute approximate surface area is 91.5 Å². The Kier molecular flexibility index (Phi) is 3.04. The minimum atomic E-state index is 0.947. The number of hydrogen-bond acceptors (Lipinski definition) is 1. The number of alkyl halides is 1. The van der Waals surface area contributed by atoms with E-state index in [0.29, 0.717) is 0 Å². The van der Waals surface area contributed by atoms with Crippen LogP contribution in [-0.4, -0.2) is 5.33 Å². The van der Waals surface area contributed by atoms with Gasteiger partial charge in [0.15, 0.2) is 0 Å². The highest BCUT2D eigenvalue weighted by atomic mass is 79.9. The average Bonchev–Trinajstić information content (AvgIpc) is 2.65. The second kappa shape index (κ2) is 4.47. The molecule has 0 amide bonds. The molecular weight excluding hydrogens is 240 g/mol. The Morgan fingerprint density at radius 2 is 2.21 bits per heavy atom. The van der Waals surface area contributed by atoms with Gasteiger partial charge in [-0.2, -0.15) is 0 Å². The first-order chi connectivity index (χ1) is 6.90. The van der Waals surface area contributed by atoms with Gasteiger partial charge >= 0.3 is 0 Å². The molecule has 0 aliphatic heterocycles. The van der Waals surface area contributed by atoms with Crippen LogP contribution in [0, 0.1) is 0 Å². The number of hydrogen-bond donors (Lipinski definition) is 0. The van der Waals surface area contributed by atoms with Crippen LogP contribution in [-0.2, 0) is 0 Å². The van der Waals surface area contributed by atoms with Crippen molar-refractivity contribution in [3.8, 4) is 0 Å². The topological polar surface area (TPSA) is 13.1 Å². The van der Waals surface area contributed by atoms with Crippen molar-refractivity contribution in [2.45, 2.75) is 6.42 Å². The molecular formula is C12H11BrO. The highest BCUT2D eigenvalue weighted by molar-refractivity contribution is 9.09. The van der Waals surface area contributed by atoms with Crippen molar-refractivity contribution in [2.24, 2.45) is 0 Å². The third-order valence-electron chi connectivity index (χ3n) is 2.06. The third-order valence-corrected chi connectivity index (χ3v) is 2.52. The minimum Gasteiger partial charge on any atom is -0.464 e. The Bertz CT molecular complexity index is 442. The maximum absolute atomic E-state index is 5.27. The normalized spacial score (nSPS) is 11.5. The van der Waals surface area contributed by atoms with Crippen molar-refractivity contribution in [3.05, 3.63) is 42.2 Å². The SMILES string of the molecule is BrCCC=Cc1ccc2occc2c1. The molecule has 0 aliphatic carbocycles. The van der Waals surface area contributed by atoms with Gasteiger partial charge in [0, 0.05) is 10.7 Å². The lowest BCUT2D eigenvalue weighted by Gasteiger charge is -1.93. The molecule has 0 radical (unpaired) electrons. The highest BCUT2D eigenvalue weighted by Crippen LogP contribution is 2.17. The summed E-state index contributed by atoms with van der Waals surface area (Å²) >= 11 is 3.39. The van der Waals surface area contributed by atoms with Crippen LogP contribution in [0.2, 0.25) is 0 Å².